The molecule has 2 aromatic rings. The normalized spacial score (nSPS) is 10.7. The van der Waals surface area contributed by atoms with Crippen LogP contribution in [0.5, 0.6) is 5.75 Å². The first kappa shape index (κ1) is 9.27. The molecule has 1 aromatic heterocycles. The fourth-order valence-electron chi connectivity index (χ4n) is 1.28. The Morgan fingerprint density at radius 2 is 2.14 bits per heavy atom. The Morgan fingerprint density at radius 3 is 2.86 bits per heavy atom. The van der Waals surface area contributed by atoms with Gasteiger partial charge in [0.1, 0.15) is 15.8 Å². The van der Waals surface area contributed by atoms with E-state index in [1.165, 1.54) is 0 Å². The highest BCUT2D eigenvalue weighted by Gasteiger charge is 2.10. The van der Waals surface area contributed by atoms with Crippen molar-refractivity contribution >= 4 is 26.9 Å². The monoisotopic (exact) mass is 254 g/mol. The molecule has 0 bridgehead atoms. The highest BCUT2D eigenvalue weighted by atomic mass is 79.9. The SMILES string of the molecule is Cc1ccc2oc(=O)c(Br)c(O)c2c1. The van der Waals surface area contributed by atoms with E-state index in [4.69, 9.17) is 4.42 Å². The molecule has 0 aliphatic carbocycles. The van der Waals surface area contributed by atoms with Crippen LogP contribution in [0.3, 0.4) is 0 Å². The summed E-state index contributed by atoms with van der Waals surface area (Å²) >= 11 is 2.97. The molecule has 0 aliphatic heterocycles. The predicted octanol–water partition coefficient (Wildman–Crippen LogP) is 2.57. The lowest BCUT2D eigenvalue weighted by Gasteiger charge is -2.01. The van der Waals surface area contributed by atoms with E-state index >= 15 is 0 Å². The van der Waals surface area contributed by atoms with Crippen LogP contribution in [0, 0.1) is 6.92 Å². The quantitative estimate of drug-likeness (QED) is 0.736. The summed E-state index contributed by atoms with van der Waals surface area (Å²) in [6.07, 6.45) is 0. The molecule has 3 nitrogen and oxygen atoms in total. The zero-order valence-electron chi connectivity index (χ0n) is 7.37. The number of hydrogen-bond donors (Lipinski definition) is 1. The molecule has 14 heavy (non-hydrogen) atoms. The van der Waals surface area contributed by atoms with Crippen LogP contribution < -0.4 is 5.63 Å². The fraction of sp³-hybridized carbons (Fsp3) is 0.100. The second-order valence-electron chi connectivity index (χ2n) is 3.05. The molecule has 2 rings (SSSR count). The lowest BCUT2D eigenvalue weighted by Crippen LogP contribution is -1.99. The standard InChI is InChI=1S/C10H7BrO3/c1-5-2-3-7-6(4-5)9(12)8(11)10(13)14-7/h2-4,12H,1H3. The number of halogens is 1. The molecule has 1 aromatic carbocycles. The van der Waals surface area contributed by atoms with E-state index in [2.05, 4.69) is 15.9 Å². The van der Waals surface area contributed by atoms with Crippen molar-refractivity contribution in [3.8, 4) is 5.75 Å². The molecule has 0 fully saturated rings. The summed E-state index contributed by atoms with van der Waals surface area (Å²) in [6.45, 7) is 1.90. The number of aryl methyl sites for hydroxylation is 1. The van der Waals surface area contributed by atoms with Crippen LogP contribution in [-0.2, 0) is 0 Å². The van der Waals surface area contributed by atoms with E-state index in [9.17, 15) is 9.90 Å². The van der Waals surface area contributed by atoms with Gasteiger partial charge in [-0.1, -0.05) is 11.6 Å². The minimum absolute atomic E-state index is 0.0654. The number of benzene rings is 1. The average molecular weight is 255 g/mol. The average Bonchev–Trinajstić information content (AvgIpc) is 2.16. The van der Waals surface area contributed by atoms with Gasteiger partial charge in [0, 0.05) is 0 Å². The zero-order chi connectivity index (χ0) is 10.3. The van der Waals surface area contributed by atoms with Gasteiger partial charge in [0.05, 0.1) is 5.39 Å². The fourth-order valence-corrected chi connectivity index (χ4v) is 1.57. The van der Waals surface area contributed by atoms with Gasteiger partial charge < -0.3 is 9.52 Å². The molecule has 72 valence electrons. The number of aromatic hydroxyl groups is 1. The molecule has 1 heterocycles. The van der Waals surface area contributed by atoms with E-state index in [0.29, 0.717) is 11.0 Å². The molecule has 0 unspecified atom stereocenters. The maximum Gasteiger partial charge on any atom is 0.354 e. The highest BCUT2D eigenvalue weighted by Crippen LogP contribution is 2.29. The van der Waals surface area contributed by atoms with Gasteiger partial charge in [-0.05, 0) is 35.0 Å². The number of hydrogen-bond acceptors (Lipinski definition) is 3. The molecule has 0 spiro atoms. The Bertz CT molecular complexity index is 557. The van der Waals surface area contributed by atoms with Crippen LogP contribution in [0.4, 0.5) is 0 Å². The van der Waals surface area contributed by atoms with Gasteiger partial charge in [0.15, 0.2) is 0 Å². The van der Waals surface area contributed by atoms with Crippen molar-refractivity contribution in [1.82, 2.24) is 0 Å². The van der Waals surface area contributed by atoms with E-state index in [1.54, 1.807) is 12.1 Å². The van der Waals surface area contributed by atoms with Crippen LogP contribution in [0.2, 0.25) is 0 Å². The third-order valence-corrected chi connectivity index (χ3v) is 2.68. The lowest BCUT2D eigenvalue weighted by molar-refractivity contribution is 0.462. The maximum atomic E-state index is 11.2. The van der Waals surface area contributed by atoms with E-state index in [1.807, 2.05) is 13.0 Å². The van der Waals surface area contributed by atoms with Crippen molar-refractivity contribution in [1.29, 1.82) is 0 Å². The minimum Gasteiger partial charge on any atom is -0.506 e. The van der Waals surface area contributed by atoms with Crippen LogP contribution in [0.1, 0.15) is 5.56 Å². The van der Waals surface area contributed by atoms with Gasteiger partial charge >= 0.3 is 5.63 Å². The molecule has 0 saturated heterocycles. The molecule has 0 aliphatic rings. The third kappa shape index (κ3) is 1.32. The first-order valence-corrected chi connectivity index (χ1v) is 4.81. The van der Waals surface area contributed by atoms with Crippen LogP contribution >= 0.6 is 15.9 Å². The van der Waals surface area contributed by atoms with Crippen molar-refractivity contribution in [2.45, 2.75) is 6.92 Å². The largest absolute Gasteiger partial charge is 0.506 e. The van der Waals surface area contributed by atoms with Crippen molar-refractivity contribution in [3.63, 3.8) is 0 Å². The summed E-state index contributed by atoms with van der Waals surface area (Å²) in [5.74, 6) is -0.0695. The second-order valence-corrected chi connectivity index (χ2v) is 3.84. The van der Waals surface area contributed by atoms with Gasteiger partial charge in [0.2, 0.25) is 0 Å². The third-order valence-electron chi connectivity index (χ3n) is 1.98. The van der Waals surface area contributed by atoms with Gasteiger partial charge in [-0.25, -0.2) is 4.79 Å². The predicted molar refractivity (Wildman–Crippen MR) is 56.6 cm³/mol. The van der Waals surface area contributed by atoms with Crippen molar-refractivity contribution in [2.75, 3.05) is 0 Å². The molecule has 0 atom stereocenters. The van der Waals surface area contributed by atoms with E-state index in [-0.39, 0.29) is 10.2 Å². The van der Waals surface area contributed by atoms with Crippen molar-refractivity contribution in [2.24, 2.45) is 0 Å². The summed E-state index contributed by atoms with van der Waals surface area (Å²) < 4.78 is 5.03. The van der Waals surface area contributed by atoms with E-state index < -0.39 is 5.63 Å². The lowest BCUT2D eigenvalue weighted by atomic mass is 10.1. The summed E-state index contributed by atoms with van der Waals surface area (Å²) in [6, 6.07) is 5.25. The van der Waals surface area contributed by atoms with Gasteiger partial charge in [-0.3, -0.25) is 0 Å². The summed E-state index contributed by atoms with van der Waals surface area (Å²) in [5.41, 5.74) is 0.814. The Kier molecular flexibility index (Phi) is 2.07. The Balaban J connectivity index is 2.99. The van der Waals surface area contributed by atoms with Crippen molar-refractivity contribution < 1.29 is 9.52 Å². The molecule has 0 amide bonds. The first-order chi connectivity index (χ1) is 6.59. The van der Waals surface area contributed by atoms with Gasteiger partial charge in [-0.2, -0.15) is 0 Å². The summed E-state index contributed by atoms with van der Waals surface area (Å²) in [7, 11) is 0. The highest BCUT2D eigenvalue weighted by molar-refractivity contribution is 9.10. The molecular weight excluding hydrogens is 248 g/mol. The van der Waals surface area contributed by atoms with E-state index in [0.717, 1.165) is 5.56 Å². The molecular formula is C10H7BrO3. The maximum absolute atomic E-state index is 11.2. The Labute approximate surface area is 88.1 Å². The van der Waals surface area contributed by atoms with Crippen LogP contribution in [-0.4, -0.2) is 5.11 Å². The van der Waals surface area contributed by atoms with Gasteiger partial charge in [0.25, 0.3) is 0 Å². The summed E-state index contributed by atoms with van der Waals surface area (Å²) in [4.78, 5) is 11.2. The Morgan fingerprint density at radius 1 is 1.43 bits per heavy atom. The summed E-state index contributed by atoms with van der Waals surface area (Å²) in [5, 5.41) is 10.2. The first-order valence-electron chi connectivity index (χ1n) is 4.01. The molecule has 0 saturated carbocycles. The van der Waals surface area contributed by atoms with Gasteiger partial charge in [-0.15, -0.1) is 0 Å². The van der Waals surface area contributed by atoms with Crippen LogP contribution in [0.25, 0.3) is 11.0 Å². The molecule has 1 N–H and O–H groups in total. The zero-order valence-corrected chi connectivity index (χ0v) is 8.96. The second kappa shape index (κ2) is 3.13. The van der Waals surface area contributed by atoms with Crippen molar-refractivity contribution in [3.05, 3.63) is 38.7 Å². The minimum atomic E-state index is -0.571. The van der Waals surface area contributed by atoms with Crippen LogP contribution in [0.15, 0.2) is 31.9 Å². The topological polar surface area (TPSA) is 50.4 Å². The molecule has 0 radical (unpaired) electrons. The smallest absolute Gasteiger partial charge is 0.354 e. The number of fused-ring (bicyclic) bond motifs is 1. The Hall–Kier alpha value is -1.29. The number of rotatable bonds is 0. The molecule has 4 heteroatoms.